The molecule has 6 heteroatoms. The first-order valence-corrected chi connectivity index (χ1v) is 10.0. The van der Waals surface area contributed by atoms with Gasteiger partial charge in [0, 0.05) is 45.3 Å². The summed E-state index contributed by atoms with van der Waals surface area (Å²) in [6.45, 7) is 4.72. The van der Waals surface area contributed by atoms with E-state index < -0.39 is 0 Å². The highest BCUT2D eigenvalue weighted by Gasteiger charge is 2.46. The summed E-state index contributed by atoms with van der Waals surface area (Å²) >= 11 is 0. The summed E-state index contributed by atoms with van der Waals surface area (Å²) < 4.78 is 11.7. The predicted molar refractivity (Wildman–Crippen MR) is 92.0 cm³/mol. The Morgan fingerprint density at radius 2 is 1.44 bits per heavy atom. The van der Waals surface area contributed by atoms with E-state index in [1.807, 2.05) is 9.80 Å². The van der Waals surface area contributed by atoms with Gasteiger partial charge in [0.25, 0.3) is 5.91 Å². The summed E-state index contributed by atoms with van der Waals surface area (Å²) in [5.74, 6) is 0.618. The van der Waals surface area contributed by atoms with Crippen LogP contribution in [0.25, 0.3) is 0 Å². The highest BCUT2D eigenvalue weighted by atomic mass is 16.5. The van der Waals surface area contributed by atoms with Crippen LogP contribution in [0.2, 0.25) is 0 Å². The van der Waals surface area contributed by atoms with Gasteiger partial charge in [-0.15, -0.1) is 0 Å². The van der Waals surface area contributed by atoms with E-state index in [2.05, 4.69) is 0 Å². The van der Waals surface area contributed by atoms with E-state index in [-0.39, 0.29) is 23.5 Å². The summed E-state index contributed by atoms with van der Waals surface area (Å²) in [5.41, 5.74) is -0.174. The lowest BCUT2D eigenvalue weighted by atomic mass is 9.87. The molecule has 1 spiro atoms. The van der Waals surface area contributed by atoms with Crippen molar-refractivity contribution in [3.8, 4) is 0 Å². The zero-order chi connectivity index (χ0) is 17.3. The molecule has 4 heterocycles. The third-order valence-electron chi connectivity index (χ3n) is 6.50. The summed E-state index contributed by atoms with van der Waals surface area (Å²) in [7, 11) is 0. The Kier molecular flexibility index (Phi) is 5.00. The summed E-state index contributed by atoms with van der Waals surface area (Å²) in [6, 6.07) is 0. The van der Waals surface area contributed by atoms with E-state index in [9.17, 15) is 9.59 Å². The lowest BCUT2D eigenvalue weighted by Crippen LogP contribution is -2.49. The number of piperidine rings is 1. The van der Waals surface area contributed by atoms with Crippen molar-refractivity contribution in [3.63, 3.8) is 0 Å². The van der Waals surface area contributed by atoms with E-state index in [1.54, 1.807) is 0 Å². The number of amides is 2. The van der Waals surface area contributed by atoms with E-state index >= 15 is 0 Å². The van der Waals surface area contributed by atoms with Crippen molar-refractivity contribution in [1.82, 2.24) is 9.80 Å². The molecule has 0 aliphatic carbocycles. The maximum atomic E-state index is 12.7. The molecule has 0 saturated carbocycles. The number of nitrogens with zero attached hydrogens (tertiary/aromatic N) is 2. The first-order valence-electron chi connectivity index (χ1n) is 10.0. The first-order chi connectivity index (χ1) is 12.2. The largest absolute Gasteiger partial charge is 0.381 e. The third-order valence-corrected chi connectivity index (χ3v) is 6.50. The van der Waals surface area contributed by atoms with Gasteiger partial charge in [-0.05, 0) is 51.4 Å². The Labute approximate surface area is 149 Å². The van der Waals surface area contributed by atoms with Crippen LogP contribution in [-0.4, -0.2) is 72.7 Å². The number of carbonyl (C=O) groups excluding carboxylic acids is 2. The Morgan fingerprint density at radius 1 is 0.800 bits per heavy atom. The second-order valence-electron chi connectivity index (χ2n) is 8.07. The Hall–Kier alpha value is -1.14. The third kappa shape index (κ3) is 3.56. The number of ether oxygens (including phenoxy) is 2. The molecule has 0 bridgehead atoms. The number of likely N-dealkylation sites (tertiary alicyclic amines) is 2. The second-order valence-corrected chi connectivity index (χ2v) is 8.07. The van der Waals surface area contributed by atoms with Crippen LogP contribution in [0.1, 0.15) is 51.4 Å². The van der Waals surface area contributed by atoms with Gasteiger partial charge in [0.1, 0.15) is 6.10 Å². The fraction of sp³-hybridized carbons (Fsp3) is 0.895. The van der Waals surface area contributed by atoms with Crippen LogP contribution in [-0.2, 0) is 19.1 Å². The van der Waals surface area contributed by atoms with Gasteiger partial charge in [-0.1, -0.05) is 0 Å². The van der Waals surface area contributed by atoms with Crippen molar-refractivity contribution in [2.75, 3.05) is 39.4 Å². The lowest BCUT2D eigenvalue weighted by molar-refractivity contribution is -0.154. The SMILES string of the molecule is O=C(C1CCOCC1)N1CCC2(CC[C@H](C(=O)N3CCCC3)O2)CC1. The van der Waals surface area contributed by atoms with Crippen LogP contribution in [0.5, 0.6) is 0 Å². The van der Waals surface area contributed by atoms with Crippen LogP contribution in [0.15, 0.2) is 0 Å². The molecule has 1 atom stereocenters. The molecule has 25 heavy (non-hydrogen) atoms. The van der Waals surface area contributed by atoms with Gasteiger partial charge in [0.2, 0.25) is 5.91 Å². The molecule has 4 fully saturated rings. The van der Waals surface area contributed by atoms with Gasteiger partial charge in [-0.2, -0.15) is 0 Å². The highest BCUT2D eigenvalue weighted by molar-refractivity contribution is 5.81. The molecule has 4 rings (SSSR count). The highest BCUT2D eigenvalue weighted by Crippen LogP contribution is 2.40. The molecule has 0 radical (unpaired) electrons. The van der Waals surface area contributed by atoms with Gasteiger partial charge >= 0.3 is 0 Å². The minimum atomic E-state index is -0.254. The van der Waals surface area contributed by atoms with Gasteiger partial charge in [-0.3, -0.25) is 9.59 Å². The summed E-state index contributed by atoms with van der Waals surface area (Å²) in [4.78, 5) is 29.2. The van der Waals surface area contributed by atoms with Crippen LogP contribution in [0.4, 0.5) is 0 Å². The fourth-order valence-electron chi connectivity index (χ4n) is 4.83. The van der Waals surface area contributed by atoms with Crippen molar-refractivity contribution in [2.24, 2.45) is 5.92 Å². The molecule has 0 N–H and O–H groups in total. The Balaban J connectivity index is 1.29. The fourth-order valence-corrected chi connectivity index (χ4v) is 4.83. The van der Waals surface area contributed by atoms with Crippen molar-refractivity contribution in [2.45, 2.75) is 63.1 Å². The topological polar surface area (TPSA) is 59.1 Å². The lowest BCUT2D eigenvalue weighted by Gasteiger charge is -2.40. The van der Waals surface area contributed by atoms with Crippen LogP contribution < -0.4 is 0 Å². The molecule has 4 aliphatic heterocycles. The Morgan fingerprint density at radius 3 is 2.12 bits per heavy atom. The Bertz CT molecular complexity index is 504. The molecular weight excluding hydrogens is 320 g/mol. The molecule has 0 aromatic rings. The van der Waals surface area contributed by atoms with E-state index in [0.717, 1.165) is 77.5 Å². The van der Waals surface area contributed by atoms with E-state index in [0.29, 0.717) is 19.1 Å². The predicted octanol–water partition coefficient (Wildman–Crippen LogP) is 1.58. The molecule has 4 aliphatic rings. The maximum absolute atomic E-state index is 12.7. The molecule has 0 unspecified atom stereocenters. The maximum Gasteiger partial charge on any atom is 0.251 e. The van der Waals surface area contributed by atoms with E-state index in [4.69, 9.17) is 9.47 Å². The number of carbonyl (C=O) groups is 2. The number of hydrogen-bond donors (Lipinski definition) is 0. The minimum absolute atomic E-state index is 0.136. The smallest absolute Gasteiger partial charge is 0.251 e. The van der Waals surface area contributed by atoms with Crippen molar-refractivity contribution >= 4 is 11.8 Å². The van der Waals surface area contributed by atoms with E-state index in [1.165, 1.54) is 0 Å². The van der Waals surface area contributed by atoms with Gasteiger partial charge in [0.15, 0.2) is 0 Å². The van der Waals surface area contributed by atoms with Gasteiger partial charge < -0.3 is 19.3 Å². The average molecular weight is 350 g/mol. The second kappa shape index (κ2) is 7.23. The van der Waals surface area contributed by atoms with Gasteiger partial charge in [-0.25, -0.2) is 0 Å². The molecular formula is C19H30N2O4. The zero-order valence-corrected chi connectivity index (χ0v) is 15.1. The average Bonchev–Trinajstić information content (AvgIpc) is 3.33. The molecule has 0 aromatic carbocycles. The van der Waals surface area contributed by atoms with Crippen molar-refractivity contribution in [3.05, 3.63) is 0 Å². The number of hydrogen-bond acceptors (Lipinski definition) is 4. The summed E-state index contributed by atoms with van der Waals surface area (Å²) in [6.07, 6.45) is 7.21. The molecule has 4 saturated heterocycles. The molecule has 6 nitrogen and oxygen atoms in total. The zero-order valence-electron chi connectivity index (χ0n) is 15.1. The van der Waals surface area contributed by atoms with Gasteiger partial charge in [0.05, 0.1) is 5.60 Å². The van der Waals surface area contributed by atoms with Crippen molar-refractivity contribution < 1.29 is 19.1 Å². The first kappa shape index (κ1) is 17.3. The molecule has 2 amide bonds. The normalized spacial score (nSPS) is 30.2. The quantitative estimate of drug-likeness (QED) is 0.759. The van der Waals surface area contributed by atoms with Crippen molar-refractivity contribution in [1.29, 1.82) is 0 Å². The van der Waals surface area contributed by atoms with Crippen LogP contribution >= 0.6 is 0 Å². The minimum Gasteiger partial charge on any atom is -0.381 e. The molecule has 0 aromatic heterocycles. The standard InChI is InChI=1S/C19H30N2O4/c22-17(15-4-13-24-14-5-15)21-11-7-19(8-12-21)6-3-16(25-19)18(23)20-9-1-2-10-20/h15-16H,1-14H2/t16-/m1/s1. The van der Waals surface area contributed by atoms with Crippen LogP contribution in [0, 0.1) is 5.92 Å². The number of rotatable bonds is 2. The molecule has 140 valence electrons. The monoisotopic (exact) mass is 350 g/mol. The summed E-state index contributed by atoms with van der Waals surface area (Å²) in [5, 5.41) is 0. The van der Waals surface area contributed by atoms with Crippen LogP contribution in [0.3, 0.4) is 0 Å².